The van der Waals surface area contributed by atoms with E-state index in [0.29, 0.717) is 30.2 Å². The van der Waals surface area contributed by atoms with Crippen LogP contribution in [0.5, 0.6) is 5.75 Å². The van der Waals surface area contributed by atoms with Gasteiger partial charge in [-0.25, -0.2) is 17.6 Å². The number of para-hydroxylation sites is 1. The Morgan fingerprint density at radius 3 is 2.33 bits per heavy atom. The molecule has 1 aliphatic rings. The summed E-state index contributed by atoms with van der Waals surface area (Å²) in [6.07, 6.45) is 1.37. The molecule has 3 aromatic carbocycles. The van der Waals surface area contributed by atoms with E-state index < -0.39 is 42.3 Å². The molecule has 11 nitrogen and oxygen atoms in total. The number of rotatable bonds is 10. The molecule has 302 valence electrons. The number of amides is 3. The van der Waals surface area contributed by atoms with E-state index in [9.17, 15) is 22.4 Å². The Morgan fingerprint density at radius 2 is 1.67 bits per heavy atom. The maximum absolute atomic E-state index is 14.9. The van der Waals surface area contributed by atoms with Crippen LogP contribution < -0.4 is 15.4 Å². The largest absolute Gasteiger partial charge is 0.490 e. The molecule has 0 unspecified atom stereocenters. The van der Waals surface area contributed by atoms with Gasteiger partial charge in [0.05, 0.1) is 35.3 Å². The van der Waals surface area contributed by atoms with Gasteiger partial charge in [-0.3, -0.25) is 4.79 Å². The van der Waals surface area contributed by atoms with E-state index in [1.54, 1.807) is 35.2 Å². The summed E-state index contributed by atoms with van der Waals surface area (Å²) in [7, 11) is -4.69. The monoisotopic (exact) mass is 798 g/mol. The number of anilines is 2. The lowest BCUT2D eigenvalue weighted by molar-refractivity contribution is -0.00806. The van der Waals surface area contributed by atoms with Crippen LogP contribution in [-0.4, -0.2) is 89.5 Å². The summed E-state index contributed by atoms with van der Waals surface area (Å²) >= 11 is 0. The second-order valence-electron chi connectivity index (χ2n) is 16.1. The summed E-state index contributed by atoms with van der Waals surface area (Å²) in [4.78, 5) is 29.7. The third kappa shape index (κ3) is 12.1. The van der Waals surface area contributed by atoms with E-state index in [-0.39, 0.29) is 53.1 Å². The van der Waals surface area contributed by atoms with E-state index in [2.05, 4.69) is 44.5 Å². The summed E-state index contributed by atoms with van der Waals surface area (Å²) in [5.41, 5.74) is 1.31. The fourth-order valence-corrected chi connectivity index (χ4v) is 8.23. The average Bonchev–Trinajstić information content (AvgIpc) is 3.12. The highest BCUT2D eigenvalue weighted by molar-refractivity contribution is 7.89. The summed E-state index contributed by atoms with van der Waals surface area (Å²) in [5, 5.41) is 5.61. The molecule has 3 aromatic rings. The van der Waals surface area contributed by atoms with Gasteiger partial charge in [0, 0.05) is 44.0 Å². The molecule has 0 bridgehead atoms. The topological polar surface area (TPSA) is 127 Å². The van der Waals surface area contributed by atoms with Crippen molar-refractivity contribution in [2.45, 2.75) is 102 Å². The first kappa shape index (κ1) is 43.9. The van der Waals surface area contributed by atoms with Crippen LogP contribution >= 0.6 is 0 Å². The molecule has 0 radical (unpaired) electrons. The van der Waals surface area contributed by atoms with Crippen molar-refractivity contribution in [2.75, 3.05) is 44.0 Å². The van der Waals surface area contributed by atoms with Crippen LogP contribution in [0, 0.1) is 11.7 Å². The highest BCUT2D eigenvalue weighted by Crippen LogP contribution is 2.37. The lowest BCUT2D eigenvalue weighted by atomic mass is 10.0. The molecule has 0 aromatic heterocycles. The van der Waals surface area contributed by atoms with Gasteiger partial charge in [-0.15, -0.1) is 0 Å². The zero-order chi connectivity index (χ0) is 40.6. The molecular formula is C41H59FN4O7SSi. The number of hydrogen-bond acceptors (Lipinski definition) is 7. The molecule has 0 saturated carbocycles. The fourth-order valence-electron chi connectivity index (χ4n) is 5.95. The third-order valence-electron chi connectivity index (χ3n) is 10.5. The molecule has 2 N–H and O–H groups in total. The number of nitrogens with zero attached hydrogens (tertiary/aromatic N) is 2. The number of ether oxygens (including phenoxy) is 2. The Labute approximate surface area is 328 Å². The predicted octanol–water partition coefficient (Wildman–Crippen LogP) is 8.62. The second-order valence-corrected chi connectivity index (χ2v) is 22.9. The Hall–Kier alpha value is -3.82. The fraction of sp³-hybridized carbons (Fsp3) is 0.512. The van der Waals surface area contributed by atoms with Crippen molar-refractivity contribution in [2.24, 2.45) is 5.92 Å². The van der Waals surface area contributed by atoms with Crippen molar-refractivity contribution in [3.05, 3.63) is 84.2 Å². The molecule has 4 atom stereocenters. The first-order valence-electron chi connectivity index (χ1n) is 19.0. The number of carbonyl (C=O) groups is 2. The van der Waals surface area contributed by atoms with Gasteiger partial charge in [0.25, 0.3) is 5.91 Å². The normalized spacial score (nSPS) is 19.9. The van der Waals surface area contributed by atoms with Crippen LogP contribution in [0.15, 0.2) is 77.7 Å². The van der Waals surface area contributed by atoms with Crippen LogP contribution in [0.4, 0.5) is 20.6 Å². The molecule has 4 rings (SSSR count). The minimum atomic E-state index is -3.97. The smallest absolute Gasteiger partial charge is 0.323 e. The summed E-state index contributed by atoms with van der Waals surface area (Å²) in [6, 6.07) is 18.0. The maximum atomic E-state index is 14.9. The number of nitrogens with one attached hydrogen (secondary N) is 2. The molecule has 1 aliphatic heterocycles. The standard InChI is InChI=1S/C41H59FN4O7SSi/c1-29-26-46(30(2)28-52-55(8,9)41(4,5)6)39(47)36-25-34(44-40(48)43-33-16-11-10-12-17-33)20-23-37(36)53-31(3)15-13-14-24-51-38(29)27-45(7)54(49,50)35-21-18-32(42)19-22-35/h10-12,16-23,25,29-31,38H,13-15,24,26-28H2,1-9H3,(H2,43,44,48)/t29-,30+,31+,38+/m1/s1. The number of hydrogen-bond donors (Lipinski definition) is 2. The van der Waals surface area contributed by atoms with E-state index in [0.717, 1.165) is 25.0 Å². The minimum absolute atomic E-state index is 0.0124. The number of sulfonamides is 1. The van der Waals surface area contributed by atoms with Crippen molar-refractivity contribution >= 4 is 41.7 Å². The number of benzene rings is 3. The molecule has 0 spiro atoms. The van der Waals surface area contributed by atoms with Gasteiger partial charge < -0.3 is 29.4 Å². The Bertz CT molecular complexity index is 1840. The zero-order valence-electron chi connectivity index (χ0n) is 33.7. The summed E-state index contributed by atoms with van der Waals surface area (Å²) < 4.78 is 61.5. The number of halogens is 1. The van der Waals surface area contributed by atoms with E-state index in [1.165, 1.54) is 23.5 Å². The highest BCUT2D eigenvalue weighted by Gasteiger charge is 2.39. The van der Waals surface area contributed by atoms with Crippen LogP contribution in [0.3, 0.4) is 0 Å². The van der Waals surface area contributed by atoms with Crippen molar-refractivity contribution in [1.82, 2.24) is 9.21 Å². The Morgan fingerprint density at radius 1 is 1.02 bits per heavy atom. The van der Waals surface area contributed by atoms with E-state index in [1.807, 2.05) is 39.0 Å². The molecular weight excluding hydrogens is 740 g/mol. The Kier molecular flexibility index (Phi) is 15.1. The van der Waals surface area contributed by atoms with Crippen molar-refractivity contribution < 1.29 is 36.3 Å². The first-order valence-corrected chi connectivity index (χ1v) is 23.4. The number of carbonyl (C=O) groups excluding carboxylic acids is 2. The molecule has 14 heteroatoms. The predicted molar refractivity (Wildman–Crippen MR) is 218 cm³/mol. The number of urea groups is 1. The van der Waals surface area contributed by atoms with Gasteiger partial charge >= 0.3 is 6.03 Å². The van der Waals surface area contributed by atoms with Crippen LogP contribution in [0.1, 0.15) is 71.2 Å². The zero-order valence-corrected chi connectivity index (χ0v) is 35.5. The van der Waals surface area contributed by atoms with Gasteiger partial charge in [0.2, 0.25) is 10.0 Å². The molecule has 0 saturated heterocycles. The van der Waals surface area contributed by atoms with Gasteiger partial charge in [0.1, 0.15) is 11.6 Å². The molecule has 3 amide bonds. The van der Waals surface area contributed by atoms with Crippen molar-refractivity contribution in [1.29, 1.82) is 0 Å². The summed E-state index contributed by atoms with van der Waals surface area (Å²) in [5.74, 6) is -0.790. The lowest BCUT2D eigenvalue weighted by Crippen LogP contribution is -2.50. The molecule has 0 aliphatic carbocycles. The van der Waals surface area contributed by atoms with Crippen LogP contribution in [-0.2, 0) is 19.2 Å². The minimum Gasteiger partial charge on any atom is -0.490 e. The average molecular weight is 799 g/mol. The second kappa shape index (κ2) is 18.9. The SMILES string of the molecule is C[C@@H]1CN([C@@H](C)CO[Si](C)(C)C(C)(C)C)C(=O)c2cc(NC(=O)Nc3ccccc3)ccc2O[C@@H](C)CCCCO[C@H]1CN(C)S(=O)(=O)c1ccc(F)cc1. The number of fused-ring (bicyclic) bond motifs is 1. The van der Waals surface area contributed by atoms with Crippen LogP contribution in [0.2, 0.25) is 18.1 Å². The molecule has 55 heavy (non-hydrogen) atoms. The summed E-state index contributed by atoms with van der Waals surface area (Å²) in [6.45, 7) is 17.5. The molecule has 1 heterocycles. The molecule has 0 fully saturated rings. The van der Waals surface area contributed by atoms with Crippen LogP contribution in [0.25, 0.3) is 0 Å². The highest BCUT2D eigenvalue weighted by atomic mass is 32.2. The van der Waals surface area contributed by atoms with Gasteiger partial charge in [-0.1, -0.05) is 45.9 Å². The van der Waals surface area contributed by atoms with Gasteiger partial charge in [-0.2, -0.15) is 4.31 Å². The first-order chi connectivity index (χ1) is 25.8. The van der Waals surface area contributed by atoms with Gasteiger partial charge in [0.15, 0.2) is 8.32 Å². The van der Waals surface area contributed by atoms with Crippen molar-refractivity contribution in [3.8, 4) is 5.75 Å². The number of likely N-dealkylation sites (N-methyl/N-ethyl adjacent to an activating group) is 1. The Balaban J connectivity index is 1.71. The van der Waals surface area contributed by atoms with Gasteiger partial charge in [-0.05, 0) is 106 Å². The lowest BCUT2D eigenvalue weighted by Gasteiger charge is -2.40. The van der Waals surface area contributed by atoms with E-state index in [4.69, 9.17) is 13.9 Å². The van der Waals surface area contributed by atoms with E-state index >= 15 is 0 Å². The van der Waals surface area contributed by atoms with Crippen molar-refractivity contribution in [3.63, 3.8) is 0 Å². The maximum Gasteiger partial charge on any atom is 0.323 e. The third-order valence-corrected chi connectivity index (χ3v) is 16.9. The quantitative estimate of drug-likeness (QED) is 0.197.